The van der Waals surface area contributed by atoms with Gasteiger partial charge in [0, 0.05) is 20.6 Å². The van der Waals surface area contributed by atoms with Gasteiger partial charge in [-0.05, 0) is 11.1 Å². The van der Waals surface area contributed by atoms with Gasteiger partial charge >= 0.3 is 7.60 Å². The second-order valence-electron chi connectivity index (χ2n) is 5.34. The van der Waals surface area contributed by atoms with Gasteiger partial charge in [0.15, 0.2) is 5.85 Å². The van der Waals surface area contributed by atoms with Gasteiger partial charge in [-0.15, -0.1) is 0 Å². The van der Waals surface area contributed by atoms with Gasteiger partial charge in [-0.1, -0.05) is 60.7 Å². The number of hydrogen-bond acceptors (Lipinski definition) is 5. The van der Waals surface area contributed by atoms with Gasteiger partial charge in [-0.25, -0.2) is 0 Å². The third-order valence-corrected chi connectivity index (χ3v) is 5.75. The van der Waals surface area contributed by atoms with Crippen LogP contribution in [0.3, 0.4) is 0 Å². The second-order valence-corrected chi connectivity index (χ2v) is 7.68. The highest BCUT2D eigenvalue weighted by Crippen LogP contribution is 2.52. The molecule has 0 radical (unpaired) electrons. The van der Waals surface area contributed by atoms with Crippen LogP contribution in [0.5, 0.6) is 0 Å². The summed E-state index contributed by atoms with van der Waals surface area (Å²) in [7, 11) is -1.15. The second kappa shape index (κ2) is 9.11. The van der Waals surface area contributed by atoms with E-state index in [9.17, 15) is 9.67 Å². The van der Waals surface area contributed by atoms with Crippen molar-refractivity contribution in [3.63, 3.8) is 0 Å². The maximum absolute atomic E-state index is 12.5. The zero-order valence-electron chi connectivity index (χ0n) is 13.9. The van der Waals surface area contributed by atoms with E-state index in [1.54, 1.807) is 0 Å². The number of hydrogen-bond donors (Lipinski definition) is 1. The van der Waals surface area contributed by atoms with Crippen molar-refractivity contribution in [1.82, 2.24) is 0 Å². The highest BCUT2D eigenvalue weighted by molar-refractivity contribution is 7.54. The summed E-state index contributed by atoms with van der Waals surface area (Å²) in [5.41, 5.74) is 1.93. The van der Waals surface area contributed by atoms with Crippen LogP contribution < -0.4 is 0 Å². The van der Waals surface area contributed by atoms with Crippen LogP contribution in [0.2, 0.25) is 0 Å². The Hall–Kier alpha value is -1.49. The third kappa shape index (κ3) is 5.00. The first-order valence-corrected chi connectivity index (χ1v) is 9.29. The van der Waals surface area contributed by atoms with Crippen molar-refractivity contribution in [3.8, 4) is 0 Å². The maximum atomic E-state index is 12.5. The summed E-state index contributed by atoms with van der Waals surface area (Å²) in [6, 6.07) is 19.2. The minimum atomic E-state index is -3.66. The molecule has 0 amide bonds. The quantitative estimate of drug-likeness (QED) is 0.700. The van der Waals surface area contributed by atoms with Crippen molar-refractivity contribution in [3.05, 3.63) is 71.8 Å². The van der Waals surface area contributed by atoms with E-state index in [2.05, 4.69) is 0 Å². The average molecular weight is 350 g/mol. The van der Waals surface area contributed by atoms with Crippen molar-refractivity contribution in [2.24, 2.45) is 0 Å². The molecule has 6 heteroatoms. The molecule has 0 aliphatic rings. The standard InChI is InChI=1S/C18H23O5P/c1-21-24(20,22-2)18(19)17(13-15-9-5-3-6-10-15)23-14-16-11-7-4-8-12-16/h3-12,17-19H,13-14H2,1-2H3/t17-,18-/m0/s1. The molecule has 24 heavy (non-hydrogen) atoms. The molecule has 0 bridgehead atoms. The SMILES string of the molecule is COP(=O)(OC)[C@H](O)[C@H](Cc1ccccc1)OCc1ccccc1. The highest BCUT2D eigenvalue weighted by Gasteiger charge is 2.39. The van der Waals surface area contributed by atoms with E-state index in [1.165, 1.54) is 14.2 Å². The summed E-state index contributed by atoms with van der Waals surface area (Å²) in [5, 5.41) is 10.5. The van der Waals surface area contributed by atoms with Gasteiger partial charge in [-0.3, -0.25) is 4.57 Å². The zero-order valence-corrected chi connectivity index (χ0v) is 14.8. The molecule has 0 unspecified atom stereocenters. The molecule has 0 aliphatic heterocycles. The number of benzene rings is 2. The molecule has 2 rings (SSSR count). The van der Waals surface area contributed by atoms with Crippen LogP contribution in [-0.2, 0) is 31.4 Å². The van der Waals surface area contributed by atoms with E-state index in [4.69, 9.17) is 13.8 Å². The Kier molecular flexibility index (Phi) is 7.16. The Morgan fingerprint density at radius 2 is 1.42 bits per heavy atom. The molecule has 0 heterocycles. The van der Waals surface area contributed by atoms with Gasteiger partial charge in [0.05, 0.1) is 12.7 Å². The first-order chi connectivity index (χ1) is 11.6. The number of ether oxygens (including phenoxy) is 1. The lowest BCUT2D eigenvalue weighted by atomic mass is 10.1. The minimum absolute atomic E-state index is 0.294. The van der Waals surface area contributed by atoms with Crippen LogP contribution in [0.4, 0.5) is 0 Å². The smallest absolute Gasteiger partial charge is 0.361 e. The largest absolute Gasteiger partial charge is 0.378 e. The van der Waals surface area contributed by atoms with Crippen LogP contribution in [-0.4, -0.2) is 31.3 Å². The molecule has 0 aromatic heterocycles. The molecule has 5 nitrogen and oxygen atoms in total. The zero-order chi connectivity index (χ0) is 17.4. The normalized spacial score (nSPS) is 14.3. The van der Waals surface area contributed by atoms with Crippen molar-refractivity contribution >= 4 is 7.60 Å². The topological polar surface area (TPSA) is 65.0 Å². The van der Waals surface area contributed by atoms with Gasteiger partial charge in [0.1, 0.15) is 0 Å². The predicted octanol–water partition coefficient (Wildman–Crippen LogP) is 3.62. The van der Waals surface area contributed by atoms with Crippen molar-refractivity contribution in [2.75, 3.05) is 14.2 Å². The number of aliphatic hydroxyl groups is 1. The predicted molar refractivity (Wildman–Crippen MR) is 92.8 cm³/mol. The summed E-state index contributed by atoms with van der Waals surface area (Å²) < 4.78 is 28.2. The van der Waals surface area contributed by atoms with E-state index in [-0.39, 0.29) is 0 Å². The van der Waals surface area contributed by atoms with Crippen LogP contribution in [0.25, 0.3) is 0 Å². The summed E-state index contributed by atoms with van der Waals surface area (Å²) in [4.78, 5) is 0. The average Bonchev–Trinajstić information content (AvgIpc) is 2.65. The summed E-state index contributed by atoms with van der Waals surface area (Å²) in [6.07, 6.45) is -0.329. The molecule has 2 aromatic carbocycles. The van der Waals surface area contributed by atoms with E-state index in [1.807, 2.05) is 60.7 Å². The van der Waals surface area contributed by atoms with Crippen LogP contribution in [0.1, 0.15) is 11.1 Å². The third-order valence-electron chi connectivity index (χ3n) is 3.75. The number of aliphatic hydroxyl groups excluding tert-OH is 1. The fourth-order valence-corrected chi connectivity index (χ4v) is 3.55. The van der Waals surface area contributed by atoms with Gasteiger partial charge in [-0.2, -0.15) is 0 Å². The van der Waals surface area contributed by atoms with Gasteiger partial charge in [0.2, 0.25) is 0 Å². The molecule has 0 fully saturated rings. The summed E-state index contributed by atoms with van der Waals surface area (Å²) in [6.45, 7) is 0.294. The lowest BCUT2D eigenvalue weighted by molar-refractivity contribution is -0.0242. The first-order valence-electron chi connectivity index (χ1n) is 7.68. The Labute approximate surface area is 142 Å². The van der Waals surface area contributed by atoms with Crippen molar-refractivity contribution < 1.29 is 23.5 Å². The highest BCUT2D eigenvalue weighted by atomic mass is 31.2. The summed E-state index contributed by atoms with van der Waals surface area (Å²) >= 11 is 0. The fourth-order valence-electron chi connectivity index (χ4n) is 2.37. The number of rotatable bonds is 9. The van der Waals surface area contributed by atoms with Crippen LogP contribution in [0.15, 0.2) is 60.7 Å². The molecule has 0 spiro atoms. The molecule has 2 atom stereocenters. The van der Waals surface area contributed by atoms with Gasteiger partial charge < -0.3 is 18.9 Å². The molecule has 0 saturated carbocycles. The Morgan fingerprint density at radius 3 is 1.92 bits per heavy atom. The minimum Gasteiger partial charge on any atom is -0.378 e. The summed E-state index contributed by atoms with van der Waals surface area (Å²) in [5.74, 6) is -1.38. The van der Waals surface area contributed by atoms with E-state index >= 15 is 0 Å². The monoisotopic (exact) mass is 350 g/mol. The Bertz CT molecular complexity index is 639. The van der Waals surface area contributed by atoms with Crippen LogP contribution >= 0.6 is 7.60 Å². The molecule has 130 valence electrons. The molecule has 0 saturated heterocycles. The van der Waals surface area contributed by atoms with Gasteiger partial charge in [0.25, 0.3) is 0 Å². The lowest BCUT2D eigenvalue weighted by Crippen LogP contribution is -2.32. The molecule has 1 N–H and O–H groups in total. The molecule has 2 aromatic rings. The molecular formula is C18H23O5P. The van der Waals surface area contributed by atoms with Crippen molar-refractivity contribution in [1.29, 1.82) is 0 Å². The fraction of sp³-hybridized carbons (Fsp3) is 0.333. The maximum Gasteiger partial charge on any atom is 0.361 e. The van der Waals surface area contributed by atoms with Crippen LogP contribution in [0, 0.1) is 0 Å². The Balaban J connectivity index is 2.15. The molecule has 0 aliphatic carbocycles. The van der Waals surface area contributed by atoms with E-state index in [0.29, 0.717) is 13.0 Å². The molecular weight excluding hydrogens is 327 g/mol. The Morgan fingerprint density at radius 1 is 0.917 bits per heavy atom. The lowest BCUT2D eigenvalue weighted by Gasteiger charge is -2.27. The van der Waals surface area contributed by atoms with E-state index < -0.39 is 19.5 Å². The van der Waals surface area contributed by atoms with E-state index in [0.717, 1.165) is 11.1 Å². The van der Waals surface area contributed by atoms with Crippen molar-refractivity contribution in [2.45, 2.75) is 25.0 Å². The first kappa shape index (κ1) is 18.8.